The highest BCUT2D eigenvalue weighted by molar-refractivity contribution is 6.03. The lowest BCUT2D eigenvalue weighted by Crippen LogP contribution is -2.07. The smallest absolute Gasteiger partial charge is 0.248 e. The van der Waals surface area contributed by atoms with Crippen molar-refractivity contribution in [2.45, 2.75) is 18.8 Å². The first kappa shape index (κ1) is 17.3. The molecule has 29 heavy (non-hydrogen) atoms. The monoisotopic (exact) mass is 381 g/mol. The maximum absolute atomic E-state index is 12.3. The number of amides is 1. The van der Waals surface area contributed by atoms with E-state index in [1.54, 1.807) is 12.3 Å². The largest absolute Gasteiger partial charge is 0.323 e. The van der Waals surface area contributed by atoms with Gasteiger partial charge in [-0.05, 0) is 49.2 Å². The summed E-state index contributed by atoms with van der Waals surface area (Å²) >= 11 is 0. The Kier molecular flexibility index (Phi) is 4.37. The van der Waals surface area contributed by atoms with Crippen molar-refractivity contribution in [3.63, 3.8) is 0 Å². The van der Waals surface area contributed by atoms with Crippen LogP contribution in [0.5, 0.6) is 0 Å². The SMILES string of the molecule is O=C(/C=C/c1cccc2cccnc12)Nc1ccc(-c2n[nH]c(C3CC3)n2)cc1. The van der Waals surface area contributed by atoms with Crippen molar-refractivity contribution in [2.75, 3.05) is 5.32 Å². The molecule has 0 unspecified atom stereocenters. The summed E-state index contributed by atoms with van der Waals surface area (Å²) in [6.07, 6.45) is 7.42. The molecule has 6 nitrogen and oxygen atoms in total. The Balaban J connectivity index is 1.27. The maximum atomic E-state index is 12.3. The summed E-state index contributed by atoms with van der Waals surface area (Å²) in [4.78, 5) is 21.3. The van der Waals surface area contributed by atoms with E-state index in [-0.39, 0.29) is 5.91 Å². The maximum Gasteiger partial charge on any atom is 0.248 e. The molecule has 1 amide bonds. The van der Waals surface area contributed by atoms with Crippen LogP contribution < -0.4 is 5.32 Å². The standard InChI is InChI=1S/C23H19N5O/c29-20(13-10-16-4-1-3-15-5-2-14-24-21(15)16)25-19-11-8-18(9-12-19)23-26-22(27-28-23)17-6-7-17/h1-5,8-14,17H,6-7H2,(H,25,29)(H,26,27,28)/b13-10+. The number of benzene rings is 2. The number of hydrogen-bond donors (Lipinski definition) is 2. The van der Waals surface area contributed by atoms with Gasteiger partial charge >= 0.3 is 0 Å². The zero-order valence-electron chi connectivity index (χ0n) is 15.7. The molecule has 1 fully saturated rings. The van der Waals surface area contributed by atoms with E-state index in [4.69, 9.17) is 0 Å². The van der Waals surface area contributed by atoms with Crippen molar-refractivity contribution >= 4 is 28.6 Å². The highest BCUT2D eigenvalue weighted by Gasteiger charge is 2.27. The summed E-state index contributed by atoms with van der Waals surface area (Å²) in [6.45, 7) is 0. The first-order valence-electron chi connectivity index (χ1n) is 9.62. The highest BCUT2D eigenvalue weighted by atomic mass is 16.1. The molecule has 1 aliphatic carbocycles. The first-order chi connectivity index (χ1) is 14.3. The lowest BCUT2D eigenvalue weighted by Gasteiger charge is -2.03. The van der Waals surface area contributed by atoms with Crippen LogP contribution in [0.1, 0.15) is 30.1 Å². The highest BCUT2D eigenvalue weighted by Crippen LogP contribution is 2.38. The van der Waals surface area contributed by atoms with Crippen LogP contribution in [-0.2, 0) is 4.79 Å². The zero-order valence-corrected chi connectivity index (χ0v) is 15.7. The van der Waals surface area contributed by atoms with Gasteiger partial charge in [-0.25, -0.2) is 4.98 Å². The molecule has 0 spiro atoms. The van der Waals surface area contributed by atoms with E-state index >= 15 is 0 Å². The molecule has 0 bridgehead atoms. The molecule has 0 saturated heterocycles. The van der Waals surface area contributed by atoms with Crippen molar-refractivity contribution in [3.05, 3.63) is 78.3 Å². The van der Waals surface area contributed by atoms with Gasteiger partial charge in [0.1, 0.15) is 5.82 Å². The van der Waals surface area contributed by atoms with Gasteiger partial charge in [-0.15, -0.1) is 0 Å². The number of hydrogen-bond acceptors (Lipinski definition) is 4. The molecule has 4 aromatic rings. The van der Waals surface area contributed by atoms with E-state index < -0.39 is 0 Å². The minimum Gasteiger partial charge on any atom is -0.323 e. The minimum absolute atomic E-state index is 0.195. The normalized spacial score (nSPS) is 13.8. The molecule has 1 aliphatic rings. The van der Waals surface area contributed by atoms with Crippen molar-refractivity contribution in [2.24, 2.45) is 0 Å². The molecular formula is C23H19N5O. The van der Waals surface area contributed by atoms with Crippen LogP contribution in [0.25, 0.3) is 28.4 Å². The Morgan fingerprint density at radius 2 is 1.90 bits per heavy atom. The van der Waals surface area contributed by atoms with Crippen LogP contribution >= 0.6 is 0 Å². The van der Waals surface area contributed by atoms with Crippen molar-refractivity contribution < 1.29 is 4.79 Å². The molecule has 5 rings (SSSR count). The molecule has 0 aliphatic heterocycles. The molecular weight excluding hydrogens is 362 g/mol. The minimum atomic E-state index is -0.195. The number of nitrogens with zero attached hydrogens (tertiary/aromatic N) is 3. The summed E-state index contributed by atoms with van der Waals surface area (Å²) < 4.78 is 0. The molecule has 1 saturated carbocycles. The van der Waals surface area contributed by atoms with E-state index in [2.05, 4.69) is 25.5 Å². The number of rotatable bonds is 5. The third-order valence-electron chi connectivity index (χ3n) is 4.96. The van der Waals surface area contributed by atoms with E-state index in [0.29, 0.717) is 11.7 Å². The van der Waals surface area contributed by atoms with Gasteiger partial charge in [0.25, 0.3) is 0 Å². The van der Waals surface area contributed by atoms with E-state index in [1.165, 1.54) is 18.9 Å². The predicted molar refractivity (Wildman–Crippen MR) is 113 cm³/mol. The Bertz CT molecular complexity index is 1200. The summed E-state index contributed by atoms with van der Waals surface area (Å²) in [7, 11) is 0. The number of aromatic amines is 1. The third-order valence-corrected chi connectivity index (χ3v) is 4.96. The van der Waals surface area contributed by atoms with Crippen LogP contribution in [0.3, 0.4) is 0 Å². The second-order valence-electron chi connectivity index (χ2n) is 7.14. The number of para-hydroxylation sites is 1. The van der Waals surface area contributed by atoms with Crippen LogP contribution in [0, 0.1) is 0 Å². The van der Waals surface area contributed by atoms with Gasteiger partial charge in [0.05, 0.1) is 5.52 Å². The van der Waals surface area contributed by atoms with Crippen molar-refractivity contribution in [3.8, 4) is 11.4 Å². The number of carbonyl (C=O) groups is 1. The van der Waals surface area contributed by atoms with Gasteiger partial charge in [0.15, 0.2) is 5.82 Å². The fourth-order valence-electron chi connectivity index (χ4n) is 3.26. The van der Waals surface area contributed by atoms with Crippen LogP contribution in [0.4, 0.5) is 5.69 Å². The van der Waals surface area contributed by atoms with Gasteiger partial charge < -0.3 is 5.32 Å². The summed E-state index contributed by atoms with van der Waals surface area (Å²) in [5, 5.41) is 11.2. The van der Waals surface area contributed by atoms with Gasteiger partial charge in [0, 0.05) is 40.4 Å². The number of fused-ring (bicyclic) bond motifs is 1. The number of anilines is 1. The lowest BCUT2D eigenvalue weighted by atomic mass is 10.1. The van der Waals surface area contributed by atoms with E-state index in [1.807, 2.05) is 54.6 Å². The number of H-pyrrole nitrogens is 1. The first-order valence-corrected chi connectivity index (χ1v) is 9.62. The topological polar surface area (TPSA) is 83.6 Å². The molecule has 6 heteroatoms. The predicted octanol–water partition coefficient (Wildman–Crippen LogP) is 4.55. The Morgan fingerprint density at radius 3 is 2.72 bits per heavy atom. The number of nitrogens with one attached hydrogen (secondary N) is 2. The molecule has 2 N–H and O–H groups in total. The third kappa shape index (κ3) is 3.78. The summed E-state index contributed by atoms with van der Waals surface area (Å²) in [5.41, 5.74) is 3.42. The van der Waals surface area contributed by atoms with Crippen molar-refractivity contribution in [1.82, 2.24) is 20.2 Å². The lowest BCUT2D eigenvalue weighted by molar-refractivity contribution is -0.111. The second kappa shape index (κ2) is 7.31. The van der Waals surface area contributed by atoms with E-state index in [0.717, 1.165) is 33.5 Å². The fraction of sp³-hybridized carbons (Fsp3) is 0.130. The zero-order chi connectivity index (χ0) is 19.6. The Hall–Kier alpha value is -3.80. The van der Waals surface area contributed by atoms with Crippen LogP contribution in [0.2, 0.25) is 0 Å². The fourth-order valence-corrected chi connectivity index (χ4v) is 3.26. The molecule has 0 atom stereocenters. The Labute approximate surface area is 167 Å². The number of aromatic nitrogens is 4. The van der Waals surface area contributed by atoms with Gasteiger partial charge in [-0.2, -0.15) is 5.10 Å². The second-order valence-corrected chi connectivity index (χ2v) is 7.14. The quantitative estimate of drug-likeness (QED) is 0.497. The summed E-state index contributed by atoms with van der Waals surface area (Å²) in [5.74, 6) is 2.00. The molecule has 2 aromatic heterocycles. The Morgan fingerprint density at radius 1 is 1.07 bits per heavy atom. The number of carbonyl (C=O) groups excluding carboxylic acids is 1. The molecule has 2 heterocycles. The van der Waals surface area contributed by atoms with Crippen LogP contribution in [0.15, 0.2) is 66.9 Å². The average molecular weight is 381 g/mol. The summed E-state index contributed by atoms with van der Waals surface area (Å²) in [6, 6.07) is 17.3. The van der Waals surface area contributed by atoms with Gasteiger partial charge in [-0.1, -0.05) is 24.3 Å². The molecule has 0 radical (unpaired) electrons. The molecule has 142 valence electrons. The molecule has 2 aromatic carbocycles. The van der Waals surface area contributed by atoms with Gasteiger partial charge in [-0.3, -0.25) is 14.9 Å². The van der Waals surface area contributed by atoms with E-state index in [9.17, 15) is 4.79 Å². The van der Waals surface area contributed by atoms with Crippen LogP contribution in [-0.4, -0.2) is 26.1 Å². The van der Waals surface area contributed by atoms with Gasteiger partial charge in [0.2, 0.25) is 5.91 Å². The number of pyridine rings is 1. The van der Waals surface area contributed by atoms with Crippen molar-refractivity contribution in [1.29, 1.82) is 0 Å². The average Bonchev–Trinajstić information content (AvgIpc) is 3.49.